The van der Waals surface area contributed by atoms with Gasteiger partial charge in [-0.2, -0.15) is 6.92 Å². The molecule has 0 radical (unpaired) electrons. The van der Waals surface area contributed by atoms with Gasteiger partial charge in [0.1, 0.15) is 0 Å². The number of hydrogen-bond acceptors (Lipinski definition) is 1. The largest absolute Gasteiger partial charge is 3.00 e. The molecule has 36 valence electrons. The zero-order valence-corrected chi connectivity index (χ0v) is 7.40. The molecule has 0 aromatic heterocycles. The van der Waals surface area contributed by atoms with Crippen LogP contribution in [0.25, 0.3) is 0 Å². The van der Waals surface area contributed by atoms with E-state index in [9.17, 15) is 4.79 Å². The molecule has 0 heterocycles. The van der Waals surface area contributed by atoms with Gasteiger partial charge in [0.05, 0.1) is 0 Å². The van der Waals surface area contributed by atoms with Crippen molar-refractivity contribution in [1.29, 1.82) is 0 Å². The summed E-state index contributed by atoms with van der Waals surface area (Å²) in [4.78, 5) is 9.90. The summed E-state index contributed by atoms with van der Waals surface area (Å²) in [7, 11) is 0. The molecule has 0 aliphatic rings. The zero-order valence-electron chi connectivity index (χ0n) is 4.56. The Labute approximate surface area is 68.9 Å². The van der Waals surface area contributed by atoms with E-state index in [-0.39, 0.29) is 38.6 Å². The molecule has 0 saturated heterocycles. The van der Waals surface area contributed by atoms with Crippen LogP contribution in [0.3, 0.4) is 0 Å². The third-order valence-corrected chi connectivity index (χ3v) is 0.348. The molecule has 0 atom stereocenters. The predicted molar refractivity (Wildman–Crippen MR) is 23.8 cm³/mol. The second-order valence-electron chi connectivity index (χ2n) is 0.989. The summed E-state index contributed by atoms with van der Waals surface area (Å²) in [6.45, 7) is 4.84. The smallest absolute Gasteiger partial charge is 0.506 e. The summed E-state index contributed by atoms with van der Waals surface area (Å²) in [5.41, 5.74) is 0. The van der Waals surface area contributed by atoms with Crippen LogP contribution in [0.15, 0.2) is 0 Å². The number of hydrogen-bond donors (Lipinski definition) is 1. The normalized spacial score (nSPS) is 6.57. The van der Waals surface area contributed by atoms with Crippen LogP contribution < -0.4 is 5.32 Å². The van der Waals surface area contributed by atoms with Crippen molar-refractivity contribution in [3.63, 3.8) is 0 Å². The van der Waals surface area contributed by atoms with Gasteiger partial charge in [0.15, 0.2) is 5.91 Å². The van der Waals surface area contributed by atoms with E-state index in [1.54, 1.807) is 13.5 Å². The Balaban J connectivity index is 0. The van der Waals surface area contributed by atoms with Gasteiger partial charge in [-0.1, -0.05) is 0 Å². The summed E-state index contributed by atoms with van der Waals surface area (Å²) in [5.74, 6) is -0.0162. The van der Waals surface area contributed by atoms with Crippen LogP contribution in [-0.4, -0.2) is 5.91 Å². The second kappa shape index (κ2) is 6.57. The van der Waals surface area contributed by atoms with Gasteiger partial charge in [-0.05, 0) is 0 Å². The molecular weight excluding hydrogens is 167 g/mol. The van der Waals surface area contributed by atoms with E-state index in [4.69, 9.17) is 0 Å². The molecule has 0 aromatic rings. The van der Waals surface area contributed by atoms with Crippen molar-refractivity contribution in [3.8, 4) is 0 Å². The van der Waals surface area contributed by atoms with Crippen molar-refractivity contribution in [2.45, 2.75) is 13.8 Å². The average molecular weight is 175 g/mol. The predicted octanol–water partition coefficient (Wildman–Crippen LogP) is 0.302. The topological polar surface area (TPSA) is 29.1 Å². The summed E-state index contributed by atoms with van der Waals surface area (Å²) in [6.07, 6.45) is 0. The van der Waals surface area contributed by atoms with Crippen LogP contribution in [0, 0.1) is 6.54 Å². The molecule has 0 saturated carbocycles. The fourth-order valence-corrected chi connectivity index (χ4v) is 0.203. The van der Waals surface area contributed by atoms with Crippen molar-refractivity contribution in [2.75, 3.05) is 0 Å². The number of nitrogens with one attached hydrogen (secondary N) is 1. The summed E-state index contributed by atoms with van der Waals surface area (Å²) in [6, 6.07) is 0. The van der Waals surface area contributed by atoms with Gasteiger partial charge in [0.2, 0.25) is 0 Å². The Kier molecular flexibility index (Phi) is 9.89. The SMILES string of the molecule is C[CH-]NC(C)=O.[Y+3]. The van der Waals surface area contributed by atoms with E-state index in [0.717, 1.165) is 0 Å². The molecular formula is C4H8NOY+2. The van der Waals surface area contributed by atoms with E-state index in [0.29, 0.717) is 0 Å². The Morgan fingerprint density at radius 2 is 2.14 bits per heavy atom. The van der Waals surface area contributed by atoms with Crippen LogP contribution in [0.2, 0.25) is 0 Å². The standard InChI is InChI=1S/C4H8NO.Y/c1-3-5-4(2)6;/h3H,1-2H3,(H,5,6);/q-1;+3. The van der Waals surface area contributed by atoms with Crippen LogP contribution in [-0.2, 0) is 37.5 Å². The fraction of sp³-hybridized carbons (Fsp3) is 0.500. The molecule has 0 aliphatic heterocycles. The van der Waals surface area contributed by atoms with Gasteiger partial charge >= 0.3 is 32.7 Å². The average Bonchev–Trinajstić information content (AvgIpc) is 1.35. The van der Waals surface area contributed by atoms with E-state index < -0.39 is 0 Å². The second-order valence-corrected chi connectivity index (χ2v) is 0.989. The van der Waals surface area contributed by atoms with Crippen LogP contribution in [0.4, 0.5) is 0 Å². The molecule has 0 spiro atoms. The van der Waals surface area contributed by atoms with Crippen molar-refractivity contribution in [3.05, 3.63) is 6.54 Å². The summed E-state index contributed by atoms with van der Waals surface area (Å²) < 4.78 is 0. The van der Waals surface area contributed by atoms with Crippen LogP contribution >= 0.6 is 0 Å². The number of carbonyl (C=O) groups is 1. The van der Waals surface area contributed by atoms with Gasteiger partial charge in [-0.15, -0.1) is 0 Å². The molecule has 0 aliphatic carbocycles. The maximum atomic E-state index is 9.90. The minimum absolute atomic E-state index is 0. The molecule has 0 unspecified atom stereocenters. The quantitative estimate of drug-likeness (QED) is 0.570. The Bertz CT molecular complexity index is 55.7. The summed E-state index contributed by atoms with van der Waals surface area (Å²) in [5, 5.41) is 2.44. The molecule has 0 bridgehead atoms. The molecule has 7 heavy (non-hydrogen) atoms. The van der Waals surface area contributed by atoms with E-state index in [1.807, 2.05) is 0 Å². The van der Waals surface area contributed by atoms with Crippen molar-refractivity contribution in [1.82, 2.24) is 5.32 Å². The van der Waals surface area contributed by atoms with Gasteiger partial charge in [0.25, 0.3) is 0 Å². The first-order chi connectivity index (χ1) is 2.77. The van der Waals surface area contributed by atoms with Crippen molar-refractivity contribution < 1.29 is 37.5 Å². The minimum atomic E-state index is -0.0162. The van der Waals surface area contributed by atoms with E-state index in [1.165, 1.54) is 6.92 Å². The van der Waals surface area contributed by atoms with Gasteiger partial charge in [-0.25, -0.2) is 6.54 Å². The van der Waals surface area contributed by atoms with Gasteiger partial charge in [-0.3, -0.25) is 4.79 Å². The van der Waals surface area contributed by atoms with Gasteiger partial charge < -0.3 is 5.32 Å². The third kappa shape index (κ3) is 10.8. The first-order valence-corrected chi connectivity index (χ1v) is 1.82. The first-order valence-electron chi connectivity index (χ1n) is 1.82. The number of carbonyl (C=O) groups excluding carboxylic acids is 1. The first kappa shape index (κ1) is 10.5. The molecule has 0 aromatic carbocycles. The zero-order chi connectivity index (χ0) is 4.99. The third-order valence-electron chi connectivity index (χ3n) is 0.348. The Morgan fingerprint density at radius 3 is 2.14 bits per heavy atom. The minimum Gasteiger partial charge on any atom is -0.506 e. The van der Waals surface area contributed by atoms with Gasteiger partial charge in [0, 0.05) is 6.92 Å². The van der Waals surface area contributed by atoms with E-state index >= 15 is 0 Å². The van der Waals surface area contributed by atoms with Crippen LogP contribution in [0.1, 0.15) is 13.8 Å². The molecule has 2 nitrogen and oxygen atoms in total. The van der Waals surface area contributed by atoms with Crippen molar-refractivity contribution >= 4 is 5.91 Å². The molecule has 3 heteroatoms. The van der Waals surface area contributed by atoms with Crippen molar-refractivity contribution in [2.24, 2.45) is 0 Å². The summed E-state index contributed by atoms with van der Waals surface area (Å²) >= 11 is 0. The maximum Gasteiger partial charge on any atom is 3.00 e. The molecule has 0 fully saturated rings. The number of rotatable bonds is 1. The van der Waals surface area contributed by atoms with Crippen LogP contribution in [0.5, 0.6) is 0 Å². The monoisotopic (exact) mass is 175 g/mol. The molecule has 1 N–H and O–H groups in total. The Morgan fingerprint density at radius 1 is 1.71 bits per heavy atom. The van der Waals surface area contributed by atoms with E-state index in [2.05, 4.69) is 5.32 Å². The fourth-order valence-electron chi connectivity index (χ4n) is 0.203. The molecule has 1 amide bonds. The molecule has 0 rings (SSSR count). The Hall–Kier alpha value is 0.574. The number of amides is 1. The maximum absolute atomic E-state index is 9.90.